The van der Waals surface area contributed by atoms with E-state index in [1.165, 1.54) is 24.3 Å². The highest BCUT2D eigenvalue weighted by Crippen LogP contribution is 2.15. The molecule has 18 heavy (non-hydrogen) atoms. The van der Waals surface area contributed by atoms with Gasteiger partial charge in [-0.05, 0) is 18.2 Å². The van der Waals surface area contributed by atoms with Gasteiger partial charge in [-0.2, -0.15) is 0 Å². The van der Waals surface area contributed by atoms with Gasteiger partial charge in [-0.3, -0.25) is 0 Å². The standard InChI is InChI=1S/C10H12N2O4S2/c11-8-2-1-3-10(6-8)18(15,16)12-9-4-5-17(13,14)7-9/h1-6,9,12H,7,11H2. The molecule has 0 spiro atoms. The van der Waals surface area contributed by atoms with Crippen molar-refractivity contribution in [2.75, 3.05) is 11.5 Å². The smallest absolute Gasteiger partial charge is 0.241 e. The fraction of sp³-hybridized carbons (Fsp3) is 0.200. The van der Waals surface area contributed by atoms with E-state index in [-0.39, 0.29) is 10.6 Å². The molecule has 0 saturated carbocycles. The fourth-order valence-corrected chi connectivity index (χ4v) is 4.18. The van der Waals surface area contributed by atoms with Crippen LogP contribution in [0.3, 0.4) is 0 Å². The summed E-state index contributed by atoms with van der Waals surface area (Å²) in [5, 5.41) is 1.01. The predicted molar refractivity (Wildman–Crippen MR) is 67.9 cm³/mol. The van der Waals surface area contributed by atoms with E-state index in [9.17, 15) is 16.8 Å². The quantitative estimate of drug-likeness (QED) is 0.753. The summed E-state index contributed by atoms with van der Waals surface area (Å²) in [4.78, 5) is 0.0141. The number of nitrogens with two attached hydrogens (primary N) is 1. The van der Waals surface area contributed by atoms with Crippen molar-refractivity contribution < 1.29 is 16.8 Å². The van der Waals surface area contributed by atoms with E-state index in [1.807, 2.05) is 0 Å². The van der Waals surface area contributed by atoms with Crippen LogP contribution in [0.25, 0.3) is 0 Å². The van der Waals surface area contributed by atoms with Crippen LogP contribution >= 0.6 is 0 Å². The number of nitrogens with one attached hydrogen (secondary N) is 1. The first kappa shape index (κ1) is 13.1. The molecular formula is C10H12N2O4S2. The molecule has 0 aromatic heterocycles. The third kappa shape index (κ3) is 2.89. The van der Waals surface area contributed by atoms with Gasteiger partial charge < -0.3 is 5.73 Å². The molecule has 6 nitrogen and oxygen atoms in total. The molecule has 0 radical (unpaired) electrons. The molecule has 0 aliphatic carbocycles. The highest BCUT2D eigenvalue weighted by Gasteiger charge is 2.26. The second-order valence-corrected chi connectivity index (χ2v) is 7.60. The Morgan fingerprint density at radius 1 is 1.33 bits per heavy atom. The molecule has 8 heteroatoms. The Hall–Kier alpha value is -1.38. The average Bonchev–Trinajstić information content (AvgIpc) is 2.57. The highest BCUT2D eigenvalue weighted by molar-refractivity contribution is 7.94. The summed E-state index contributed by atoms with van der Waals surface area (Å²) in [7, 11) is -7.05. The van der Waals surface area contributed by atoms with E-state index in [1.54, 1.807) is 6.07 Å². The maximum absolute atomic E-state index is 12.0. The molecule has 0 amide bonds. The van der Waals surface area contributed by atoms with Gasteiger partial charge in [0.25, 0.3) is 0 Å². The van der Waals surface area contributed by atoms with E-state index in [4.69, 9.17) is 5.73 Å². The van der Waals surface area contributed by atoms with Crippen molar-refractivity contribution in [1.29, 1.82) is 0 Å². The van der Waals surface area contributed by atoms with Gasteiger partial charge in [-0.25, -0.2) is 21.6 Å². The van der Waals surface area contributed by atoms with E-state index in [0.29, 0.717) is 5.69 Å². The molecular weight excluding hydrogens is 276 g/mol. The minimum Gasteiger partial charge on any atom is -0.399 e. The van der Waals surface area contributed by atoms with Gasteiger partial charge in [-0.15, -0.1) is 0 Å². The zero-order chi connectivity index (χ0) is 13.4. The van der Waals surface area contributed by atoms with Gasteiger partial charge in [0.1, 0.15) is 0 Å². The van der Waals surface area contributed by atoms with Crippen LogP contribution in [-0.4, -0.2) is 28.6 Å². The number of hydrogen-bond donors (Lipinski definition) is 2. The number of hydrogen-bond acceptors (Lipinski definition) is 5. The summed E-state index contributed by atoms with van der Waals surface area (Å²) < 4.78 is 48.6. The van der Waals surface area contributed by atoms with Crippen molar-refractivity contribution >= 4 is 25.5 Å². The van der Waals surface area contributed by atoms with Crippen LogP contribution in [-0.2, 0) is 19.9 Å². The Morgan fingerprint density at radius 2 is 2.06 bits per heavy atom. The lowest BCUT2D eigenvalue weighted by Gasteiger charge is -2.11. The number of sulfonamides is 1. The van der Waals surface area contributed by atoms with Crippen LogP contribution in [0.2, 0.25) is 0 Å². The first-order valence-corrected chi connectivity index (χ1v) is 8.27. The van der Waals surface area contributed by atoms with E-state index < -0.39 is 25.9 Å². The van der Waals surface area contributed by atoms with Crippen LogP contribution in [0.15, 0.2) is 40.6 Å². The summed E-state index contributed by atoms with van der Waals surface area (Å²) >= 11 is 0. The minimum absolute atomic E-state index is 0.0141. The molecule has 0 fully saturated rings. The predicted octanol–water partition coefficient (Wildman–Crippen LogP) is -0.142. The summed E-state index contributed by atoms with van der Waals surface area (Å²) in [5.41, 5.74) is 5.83. The van der Waals surface area contributed by atoms with Crippen LogP contribution in [0.4, 0.5) is 5.69 Å². The van der Waals surface area contributed by atoms with E-state index in [0.717, 1.165) is 5.41 Å². The number of rotatable bonds is 3. The summed E-state index contributed by atoms with van der Waals surface area (Å²) in [6.07, 6.45) is 1.32. The number of anilines is 1. The molecule has 0 bridgehead atoms. The van der Waals surface area contributed by atoms with Crippen molar-refractivity contribution in [3.05, 3.63) is 35.7 Å². The lowest BCUT2D eigenvalue weighted by Crippen LogP contribution is -2.35. The van der Waals surface area contributed by atoms with Gasteiger partial charge >= 0.3 is 0 Å². The van der Waals surface area contributed by atoms with E-state index in [2.05, 4.69) is 4.72 Å². The maximum Gasteiger partial charge on any atom is 0.241 e. The van der Waals surface area contributed by atoms with Crippen molar-refractivity contribution in [1.82, 2.24) is 4.72 Å². The Kier molecular flexibility index (Phi) is 3.18. The van der Waals surface area contributed by atoms with Crippen LogP contribution in [0, 0.1) is 0 Å². The highest BCUT2D eigenvalue weighted by atomic mass is 32.2. The summed E-state index contributed by atoms with van der Waals surface area (Å²) in [6, 6.07) is 5.06. The van der Waals surface area contributed by atoms with E-state index >= 15 is 0 Å². The first-order chi connectivity index (χ1) is 8.28. The maximum atomic E-state index is 12.0. The third-order valence-electron chi connectivity index (χ3n) is 2.40. The topological polar surface area (TPSA) is 106 Å². The Morgan fingerprint density at radius 3 is 2.61 bits per heavy atom. The van der Waals surface area contributed by atoms with Crippen molar-refractivity contribution in [3.8, 4) is 0 Å². The van der Waals surface area contributed by atoms with Crippen LogP contribution in [0.5, 0.6) is 0 Å². The Bertz CT molecular complexity index is 692. The van der Waals surface area contributed by atoms with Crippen LogP contribution < -0.4 is 10.5 Å². The van der Waals surface area contributed by atoms with Gasteiger partial charge in [0.05, 0.1) is 16.7 Å². The average molecular weight is 288 g/mol. The lowest BCUT2D eigenvalue weighted by atomic mass is 10.3. The Labute approximate surface area is 105 Å². The third-order valence-corrected chi connectivity index (χ3v) is 5.29. The number of nitrogen functional groups attached to an aromatic ring is 1. The number of sulfone groups is 1. The van der Waals surface area contributed by atoms with Gasteiger partial charge in [0, 0.05) is 11.1 Å². The van der Waals surface area contributed by atoms with Crippen LogP contribution in [0.1, 0.15) is 0 Å². The molecule has 1 aromatic rings. The molecule has 1 aromatic carbocycles. The molecule has 1 heterocycles. The fourth-order valence-electron chi connectivity index (χ4n) is 1.60. The molecule has 3 N–H and O–H groups in total. The molecule has 1 aliphatic heterocycles. The normalized spacial score (nSPS) is 22.1. The second kappa shape index (κ2) is 4.38. The molecule has 98 valence electrons. The molecule has 1 aliphatic rings. The van der Waals surface area contributed by atoms with Gasteiger partial charge in [-0.1, -0.05) is 12.1 Å². The molecule has 1 unspecified atom stereocenters. The van der Waals surface area contributed by atoms with Crippen molar-refractivity contribution in [3.63, 3.8) is 0 Å². The largest absolute Gasteiger partial charge is 0.399 e. The lowest BCUT2D eigenvalue weighted by molar-refractivity contribution is 0.575. The SMILES string of the molecule is Nc1cccc(S(=O)(=O)NC2C=CS(=O)(=O)C2)c1. The van der Waals surface area contributed by atoms with Crippen molar-refractivity contribution in [2.24, 2.45) is 0 Å². The monoisotopic (exact) mass is 288 g/mol. The zero-order valence-corrected chi connectivity index (χ0v) is 10.9. The summed E-state index contributed by atoms with van der Waals surface area (Å²) in [5.74, 6) is -0.255. The second-order valence-electron chi connectivity index (χ2n) is 3.96. The minimum atomic E-state index is -3.76. The van der Waals surface area contributed by atoms with Gasteiger partial charge in [0.15, 0.2) is 9.84 Å². The number of benzene rings is 1. The zero-order valence-electron chi connectivity index (χ0n) is 9.28. The molecule has 2 rings (SSSR count). The van der Waals surface area contributed by atoms with Gasteiger partial charge in [0.2, 0.25) is 10.0 Å². The van der Waals surface area contributed by atoms with Crippen molar-refractivity contribution in [2.45, 2.75) is 10.9 Å². The Balaban J connectivity index is 2.22. The summed E-state index contributed by atoms with van der Waals surface area (Å²) in [6.45, 7) is 0. The first-order valence-electron chi connectivity index (χ1n) is 5.07. The molecule has 0 saturated heterocycles. The molecule has 1 atom stereocenters.